The smallest absolute Gasteiger partial charge is 0.229 e. The Morgan fingerprint density at radius 3 is 2.67 bits per heavy atom. The SMILES string of the molecule is CC(=O)c1ccc2c(c1)N(C(=O)C(C)C)CCO2. The Labute approximate surface area is 107 Å². The quantitative estimate of drug-likeness (QED) is 0.753. The molecule has 0 N–H and O–H groups in total. The molecular weight excluding hydrogens is 230 g/mol. The van der Waals surface area contributed by atoms with Gasteiger partial charge in [0.1, 0.15) is 12.4 Å². The van der Waals surface area contributed by atoms with Crippen molar-refractivity contribution in [1.29, 1.82) is 0 Å². The van der Waals surface area contributed by atoms with Crippen molar-refractivity contribution in [2.45, 2.75) is 20.8 Å². The van der Waals surface area contributed by atoms with E-state index < -0.39 is 0 Å². The second-order valence-electron chi connectivity index (χ2n) is 4.73. The molecule has 2 rings (SSSR count). The molecule has 0 unspecified atom stereocenters. The van der Waals surface area contributed by atoms with Gasteiger partial charge in [0.15, 0.2) is 5.78 Å². The minimum atomic E-state index is -0.0723. The molecule has 0 radical (unpaired) electrons. The highest BCUT2D eigenvalue weighted by Crippen LogP contribution is 2.33. The third kappa shape index (κ3) is 2.23. The molecule has 96 valence electrons. The molecule has 1 aromatic rings. The van der Waals surface area contributed by atoms with Gasteiger partial charge in [-0.05, 0) is 25.1 Å². The summed E-state index contributed by atoms with van der Waals surface area (Å²) in [4.78, 5) is 25.2. The van der Waals surface area contributed by atoms with Crippen molar-refractivity contribution in [2.75, 3.05) is 18.1 Å². The lowest BCUT2D eigenvalue weighted by Crippen LogP contribution is -2.40. The summed E-state index contributed by atoms with van der Waals surface area (Å²) in [6.07, 6.45) is 0. The van der Waals surface area contributed by atoms with E-state index in [1.54, 1.807) is 23.1 Å². The number of carbonyl (C=O) groups excluding carboxylic acids is 2. The maximum absolute atomic E-state index is 12.1. The first-order valence-corrected chi connectivity index (χ1v) is 6.10. The Morgan fingerprint density at radius 2 is 2.06 bits per heavy atom. The third-order valence-corrected chi connectivity index (χ3v) is 2.99. The van der Waals surface area contributed by atoms with E-state index in [1.807, 2.05) is 13.8 Å². The number of carbonyl (C=O) groups is 2. The second-order valence-corrected chi connectivity index (χ2v) is 4.73. The summed E-state index contributed by atoms with van der Waals surface area (Å²) >= 11 is 0. The van der Waals surface area contributed by atoms with Crippen LogP contribution in [0.15, 0.2) is 18.2 Å². The molecule has 1 aromatic carbocycles. The lowest BCUT2D eigenvalue weighted by Gasteiger charge is -2.31. The molecule has 0 spiro atoms. The van der Waals surface area contributed by atoms with Crippen LogP contribution in [-0.2, 0) is 4.79 Å². The van der Waals surface area contributed by atoms with Gasteiger partial charge in [-0.3, -0.25) is 9.59 Å². The first-order valence-electron chi connectivity index (χ1n) is 6.10. The summed E-state index contributed by atoms with van der Waals surface area (Å²) in [5.74, 6) is 0.637. The van der Waals surface area contributed by atoms with Crippen LogP contribution in [-0.4, -0.2) is 24.8 Å². The van der Waals surface area contributed by atoms with Crippen LogP contribution in [0.5, 0.6) is 5.75 Å². The minimum Gasteiger partial charge on any atom is -0.490 e. The standard InChI is InChI=1S/C14H17NO3/c1-9(2)14(17)15-6-7-18-13-5-4-11(10(3)16)8-12(13)15/h4-5,8-9H,6-7H2,1-3H3. The summed E-state index contributed by atoms with van der Waals surface area (Å²) in [5, 5.41) is 0. The van der Waals surface area contributed by atoms with Gasteiger partial charge in [0, 0.05) is 11.5 Å². The van der Waals surface area contributed by atoms with Crippen LogP contribution in [0.3, 0.4) is 0 Å². The maximum Gasteiger partial charge on any atom is 0.229 e. The molecule has 4 heteroatoms. The van der Waals surface area contributed by atoms with E-state index in [2.05, 4.69) is 0 Å². The predicted octanol–water partition coefficient (Wildman–Crippen LogP) is 2.27. The molecule has 1 aliphatic rings. The number of fused-ring (bicyclic) bond motifs is 1. The van der Waals surface area contributed by atoms with Crippen molar-refractivity contribution in [2.24, 2.45) is 5.92 Å². The van der Waals surface area contributed by atoms with Crippen molar-refractivity contribution >= 4 is 17.4 Å². The fourth-order valence-electron chi connectivity index (χ4n) is 1.98. The van der Waals surface area contributed by atoms with Crippen molar-refractivity contribution < 1.29 is 14.3 Å². The van der Waals surface area contributed by atoms with Crippen molar-refractivity contribution in [3.05, 3.63) is 23.8 Å². The predicted molar refractivity (Wildman–Crippen MR) is 69.1 cm³/mol. The fourth-order valence-corrected chi connectivity index (χ4v) is 1.98. The molecule has 1 aliphatic heterocycles. The highest BCUT2D eigenvalue weighted by atomic mass is 16.5. The van der Waals surface area contributed by atoms with Crippen LogP contribution in [0.4, 0.5) is 5.69 Å². The van der Waals surface area contributed by atoms with Crippen molar-refractivity contribution in [3.8, 4) is 5.75 Å². The average Bonchev–Trinajstić information content (AvgIpc) is 2.36. The first-order chi connectivity index (χ1) is 8.50. The Bertz CT molecular complexity index is 494. The molecule has 0 aliphatic carbocycles. The molecule has 1 heterocycles. The van der Waals surface area contributed by atoms with E-state index in [1.165, 1.54) is 6.92 Å². The zero-order valence-corrected chi connectivity index (χ0v) is 10.9. The molecule has 1 amide bonds. The van der Waals surface area contributed by atoms with Crippen LogP contribution in [0.25, 0.3) is 0 Å². The number of amides is 1. The number of rotatable bonds is 2. The van der Waals surface area contributed by atoms with E-state index in [4.69, 9.17) is 4.74 Å². The Balaban J connectivity index is 2.43. The maximum atomic E-state index is 12.1. The molecule has 0 fully saturated rings. The summed E-state index contributed by atoms with van der Waals surface area (Å²) in [6, 6.07) is 5.22. The van der Waals surface area contributed by atoms with Gasteiger partial charge < -0.3 is 9.64 Å². The fraction of sp³-hybridized carbons (Fsp3) is 0.429. The lowest BCUT2D eigenvalue weighted by molar-refractivity contribution is -0.121. The average molecular weight is 247 g/mol. The van der Waals surface area contributed by atoms with Gasteiger partial charge in [-0.25, -0.2) is 0 Å². The van der Waals surface area contributed by atoms with Crippen LogP contribution in [0.1, 0.15) is 31.1 Å². The summed E-state index contributed by atoms with van der Waals surface area (Å²) < 4.78 is 5.51. The summed E-state index contributed by atoms with van der Waals surface area (Å²) in [6.45, 7) is 6.27. The number of hydrogen-bond acceptors (Lipinski definition) is 3. The van der Waals surface area contributed by atoms with Gasteiger partial charge in [0.2, 0.25) is 5.91 Å². The van der Waals surface area contributed by atoms with Crippen molar-refractivity contribution in [3.63, 3.8) is 0 Å². The number of benzene rings is 1. The summed E-state index contributed by atoms with van der Waals surface area (Å²) in [5.41, 5.74) is 1.30. The van der Waals surface area contributed by atoms with Gasteiger partial charge >= 0.3 is 0 Å². The van der Waals surface area contributed by atoms with E-state index in [0.29, 0.717) is 30.2 Å². The van der Waals surface area contributed by atoms with E-state index in [-0.39, 0.29) is 17.6 Å². The lowest BCUT2D eigenvalue weighted by atomic mass is 10.1. The Morgan fingerprint density at radius 1 is 1.33 bits per heavy atom. The Kier molecular flexibility index (Phi) is 3.36. The van der Waals surface area contributed by atoms with Gasteiger partial charge in [0.25, 0.3) is 0 Å². The molecular formula is C14H17NO3. The monoisotopic (exact) mass is 247 g/mol. The number of ether oxygens (including phenoxy) is 1. The van der Waals surface area contributed by atoms with Gasteiger partial charge in [-0.15, -0.1) is 0 Å². The van der Waals surface area contributed by atoms with Crippen LogP contribution >= 0.6 is 0 Å². The molecule has 0 bridgehead atoms. The van der Waals surface area contributed by atoms with E-state index in [9.17, 15) is 9.59 Å². The molecule has 4 nitrogen and oxygen atoms in total. The Hall–Kier alpha value is -1.84. The zero-order valence-electron chi connectivity index (χ0n) is 10.9. The normalized spacial score (nSPS) is 14.1. The first kappa shape index (κ1) is 12.6. The molecule has 0 atom stereocenters. The molecule has 0 saturated carbocycles. The molecule has 0 aromatic heterocycles. The largest absolute Gasteiger partial charge is 0.490 e. The zero-order chi connectivity index (χ0) is 13.3. The highest BCUT2D eigenvalue weighted by Gasteiger charge is 2.25. The second kappa shape index (κ2) is 4.80. The molecule has 0 saturated heterocycles. The van der Waals surface area contributed by atoms with Gasteiger partial charge in [0.05, 0.1) is 12.2 Å². The minimum absolute atomic E-state index is 0.0136. The van der Waals surface area contributed by atoms with Gasteiger partial charge in [-0.1, -0.05) is 13.8 Å². The van der Waals surface area contributed by atoms with Gasteiger partial charge in [-0.2, -0.15) is 0 Å². The highest BCUT2D eigenvalue weighted by molar-refractivity contribution is 6.00. The molecule has 18 heavy (non-hydrogen) atoms. The number of ketones is 1. The van der Waals surface area contributed by atoms with Crippen LogP contribution in [0.2, 0.25) is 0 Å². The van der Waals surface area contributed by atoms with E-state index >= 15 is 0 Å². The number of hydrogen-bond donors (Lipinski definition) is 0. The van der Waals surface area contributed by atoms with Crippen LogP contribution < -0.4 is 9.64 Å². The topological polar surface area (TPSA) is 46.6 Å². The van der Waals surface area contributed by atoms with E-state index in [0.717, 1.165) is 0 Å². The number of anilines is 1. The number of Topliss-reactive ketones (excluding diaryl/α,β-unsaturated/α-hetero) is 1. The third-order valence-electron chi connectivity index (χ3n) is 2.99. The van der Waals surface area contributed by atoms with Crippen LogP contribution in [0, 0.1) is 5.92 Å². The van der Waals surface area contributed by atoms with Crippen molar-refractivity contribution in [1.82, 2.24) is 0 Å². The summed E-state index contributed by atoms with van der Waals surface area (Å²) in [7, 11) is 0. The number of nitrogens with zero attached hydrogens (tertiary/aromatic N) is 1.